The number of anilines is 1. The van der Waals surface area contributed by atoms with Crippen LogP contribution < -0.4 is 14.8 Å². The lowest BCUT2D eigenvalue weighted by Crippen LogP contribution is -2.21. The Morgan fingerprint density at radius 3 is 2.36 bits per heavy atom. The van der Waals surface area contributed by atoms with Gasteiger partial charge in [-0.25, -0.2) is 9.18 Å². The zero-order valence-electron chi connectivity index (χ0n) is 15.3. The second-order valence-corrected chi connectivity index (χ2v) is 5.57. The number of benzene rings is 2. The summed E-state index contributed by atoms with van der Waals surface area (Å²) < 4.78 is 28.3. The number of nitro groups is 1. The third-order valence-electron chi connectivity index (χ3n) is 3.71. The van der Waals surface area contributed by atoms with Crippen LogP contribution in [0, 0.1) is 22.9 Å². The van der Waals surface area contributed by atoms with E-state index in [1.54, 1.807) is 6.92 Å². The molecule has 0 bridgehead atoms. The zero-order chi connectivity index (χ0) is 20.8. The van der Waals surface area contributed by atoms with Crippen LogP contribution in [0.3, 0.4) is 0 Å². The predicted octanol–water partition coefficient (Wildman–Crippen LogP) is 2.86. The average Bonchev–Trinajstić information content (AvgIpc) is 2.67. The molecule has 9 nitrogen and oxygen atoms in total. The summed E-state index contributed by atoms with van der Waals surface area (Å²) in [6, 6.07) is 6.19. The molecule has 0 heterocycles. The molecule has 148 valence electrons. The van der Waals surface area contributed by atoms with Gasteiger partial charge in [0.05, 0.1) is 25.2 Å². The highest BCUT2D eigenvalue weighted by Crippen LogP contribution is 2.34. The van der Waals surface area contributed by atoms with Crippen LogP contribution in [0.4, 0.5) is 15.8 Å². The fourth-order valence-corrected chi connectivity index (χ4v) is 2.26. The molecule has 0 saturated carbocycles. The lowest BCUT2D eigenvalue weighted by Gasteiger charge is -2.11. The molecule has 10 heteroatoms. The topological polar surface area (TPSA) is 117 Å². The molecule has 0 aliphatic carbocycles. The molecule has 1 N–H and O–H groups in total. The van der Waals surface area contributed by atoms with Crippen LogP contribution in [-0.2, 0) is 9.53 Å². The highest BCUT2D eigenvalue weighted by molar-refractivity contribution is 5.98. The number of ether oxygens (including phenoxy) is 3. The van der Waals surface area contributed by atoms with E-state index in [0.717, 1.165) is 18.2 Å². The van der Waals surface area contributed by atoms with Crippen molar-refractivity contribution in [1.82, 2.24) is 0 Å². The predicted molar refractivity (Wildman–Crippen MR) is 96.2 cm³/mol. The Balaban J connectivity index is 2.12. The van der Waals surface area contributed by atoms with E-state index in [1.165, 1.54) is 26.4 Å². The Hall–Kier alpha value is -3.69. The summed E-state index contributed by atoms with van der Waals surface area (Å²) in [5.41, 5.74) is -0.382. The van der Waals surface area contributed by atoms with Crippen molar-refractivity contribution in [1.29, 1.82) is 0 Å². The van der Waals surface area contributed by atoms with E-state index in [9.17, 15) is 24.1 Å². The Bertz CT molecular complexity index is 930. The van der Waals surface area contributed by atoms with Gasteiger partial charge in [-0.05, 0) is 24.6 Å². The maximum Gasteiger partial charge on any atom is 0.345 e. The molecule has 28 heavy (non-hydrogen) atoms. The van der Waals surface area contributed by atoms with Crippen LogP contribution in [0.2, 0.25) is 0 Å². The minimum Gasteiger partial charge on any atom is -0.493 e. The number of halogens is 1. The van der Waals surface area contributed by atoms with Crippen LogP contribution in [0.5, 0.6) is 11.5 Å². The lowest BCUT2D eigenvalue weighted by atomic mass is 10.1. The van der Waals surface area contributed by atoms with Gasteiger partial charge in [0.15, 0.2) is 18.1 Å². The molecule has 2 aromatic carbocycles. The number of nitro benzene ring substituents is 1. The smallest absolute Gasteiger partial charge is 0.345 e. The van der Waals surface area contributed by atoms with E-state index in [0.29, 0.717) is 5.56 Å². The minimum absolute atomic E-state index is 0.0601. The summed E-state index contributed by atoms with van der Waals surface area (Å²) in [6.07, 6.45) is 0. The summed E-state index contributed by atoms with van der Waals surface area (Å²) in [5, 5.41) is 13.6. The van der Waals surface area contributed by atoms with Gasteiger partial charge in [0, 0.05) is 11.8 Å². The second kappa shape index (κ2) is 8.80. The molecule has 2 rings (SSSR count). The summed E-state index contributed by atoms with van der Waals surface area (Å²) >= 11 is 0. The van der Waals surface area contributed by atoms with E-state index in [4.69, 9.17) is 14.2 Å². The number of esters is 1. The van der Waals surface area contributed by atoms with Gasteiger partial charge in [-0.15, -0.1) is 0 Å². The number of hydrogen-bond acceptors (Lipinski definition) is 7. The van der Waals surface area contributed by atoms with Crippen LogP contribution >= 0.6 is 0 Å². The maximum atomic E-state index is 13.5. The first-order valence-corrected chi connectivity index (χ1v) is 7.90. The standard InChI is InChI=1S/C18H17FN2O7/c1-10-4-5-11(6-13(10)19)20-17(22)9-28-18(23)12-7-15(26-2)16(27-3)8-14(12)21(24)25/h4-8H,9H2,1-3H3,(H,20,22). The molecule has 0 spiro atoms. The molecule has 0 fully saturated rings. The van der Waals surface area contributed by atoms with Crippen molar-refractivity contribution in [3.8, 4) is 11.5 Å². The van der Waals surface area contributed by atoms with Crippen LogP contribution in [0.25, 0.3) is 0 Å². The molecule has 0 aliphatic heterocycles. The summed E-state index contributed by atoms with van der Waals surface area (Å²) in [7, 11) is 2.59. The number of rotatable bonds is 7. The summed E-state index contributed by atoms with van der Waals surface area (Å²) in [6.45, 7) is 0.846. The normalized spacial score (nSPS) is 10.1. The fraction of sp³-hybridized carbons (Fsp3) is 0.222. The second-order valence-electron chi connectivity index (χ2n) is 5.57. The van der Waals surface area contributed by atoms with Gasteiger partial charge in [0.2, 0.25) is 0 Å². The first-order chi connectivity index (χ1) is 13.3. The third-order valence-corrected chi connectivity index (χ3v) is 3.71. The highest BCUT2D eigenvalue weighted by atomic mass is 19.1. The van der Waals surface area contributed by atoms with Gasteiger partial charge in [0.1, 0.15) is 11.4 Å². The molecule has 0 aliphatic rings. The van der Waals surface area contributed by atoms with Gasteiger partial charge in [-0.2, -0.15) is 0 Å². The third kappa shape index (κ3) is 4.72. The Morgan fingerprint density at radius 2 is 1.79 bits per heavy atom. The monoisotopic (exact) mass is 392 g/mol. The average molecular weight is 392 g/mol. The van der Waals surface area contributed by atoms with Crippen molar-refractivity contribution in [2.75, 3.05) is 26.1 Å². The van der Waals surface area contributed by atoms with E-state index < -0.39 is 40.5 Å². The highest BCUT2D eigenvalue weighted by Gasteiger charge is 2.26. The zero-order valence-corrected chi connectivity index (χ0v) is 15.3. The quantitative estimate of drug-likeness (QED) is 0.437. The van der Waals surface area contributed by atoms with Gasteiger partial charge in [-0.3, -0.25) is 14.9 Å². The molecule has 0 atom stereocenters. The number of nitrogens with one attached hydrogen (secondary N) is 1. The number of carbonyl (C=O) groups excluding carboxylic acids is 2. The van der Waals surface area contributed by atoms with Crippen molar-refractivity contribution in [3.05, 3.63) is 57.4 Å². The number of methoxy groups -OCH3 is 2. The van der Waals surface area contributed by atoms with Crippen molar-refractivity contribution in [2.45, 2.75) is 6.92 Å². The summed E-state index contributed by atoms with van der Waals surface area (Å²) in [4.78, 5) is 34.6. The van der Waals surface area contributed by atoms with E-state index >= 15 is 0 Å². The molecule has 1 amide bonds. The number of hydrogen-bond donors (Lipinski definition) is 1. The van der Waals surface area contributed by atoms with E-state index in [-0.39, 0.29) is 17.2 Å². The number of amides is 1. The Labute approximate surface area is 159 Å². The van der Waals surface area contributed by atoms with Gasteiger partial charge in [0.25, 0.3) is 11.6 Å². The van der Waals surface area contributed by atoms with Crippen molar-refractivity contribution >= 4 is 23.3 Å². The molecular weight excluding hydrogens is 375 g/mol. The number of carbonyl (C=O) groups is 2. The SMILES string of the molecule is COc1cc(C(=O)OCC(=O)Nc2ccc(C)c(F)c2)c([N+](=O)[O-])cc1OC. The van der Waals surface area contributed by atoms with Crippen molar-refractivity contribution in [2.24, 2.45) is 0 Å². The lowest BCUT2D eigenvalue weighted by molar-refractivity contribution is -0.385. The number of nitrogens with zero attached hydrogens (tertiary/aromatic N) is 1. The Morgan fingerprint density at radius 1 is 1.14 bits per heavy atom. The first-order valence-electron chi connectivity index (χ1n) is 7.90. The molecule has 0 radical (unpaired) electrons. The largest absolute Gasteiger partial charge is 0.493 e. The summed E-state index contributed by atoms with van der Waals surface area (Å²) in [5.74, 6) is -2.20. The van der Waals surface area contributed by atoms with Gasteiger partial charge < -0.3 is 19.5 Å². The number of aryl methyl sites for hydroxylation is 1. The van der Waals surface area contributed by atoms with Gasteiger partial charge >= 0.3 is 5.97 Å². The fourth-order valence-electron chi connectivity index (χ4n) is 2.26. The molecule has 0 aromatic heterocycles. The van der Waals surface area contributed by atoms with Crippen molar-refractivity contribution < 1.29 is 33.1 Å². The van der Waals surface area contributed by atoms with Gasteiger partial charge in [-0.1, -0.05) is 6.07 Å². The molecule has 2 aromatic rings. The minimum atomic E-state index is -1.10. The maximum absolute atomic E-state index is 13.5. The van der Waals surface area contributed by atoms with Crippen LogP contribution in [0.15, 0.2) is 30.3 Å². The van der Waals surface area contributed by atoms with Crippen LogP contribution in [0.1, 0.15) is 15.9 Å². The first kappa shape index (κ1) is 20.6. The van der Waals surface area contributed by atoms with E-state index in [1.807, 2.05) is 0 Å². The van der Waals surface area contributed by atoms with Crippen LogP contribution in [-0.4, -0.2) is 37.6 Å². The molecule has 0 unspecified atom stereocenters. The van der Waals surface area contributed by atoms with E-state index in [2.05, 4.69) is 5.32 Å². The van der Waals surface area contributed by atoms with Crippen molar-refractivity contribution in [3.63, 3.8) is 0 Å². The molecular formula is C18H17FN2O7. The molecule has 0 saturated heterocycles. The Kier molecular flexibility index (Phi) is 6.48.